The fourth-order valence-corrected chi connectivity index (χ4v) is 5.80. The van der Waals surface area contributed by atoms with Crippen LogP contribution < -0.4 is 10.6 Å². The number of benzene rings is 2. The van der Waals surface area contributed by atoms with Crippen LogP contribution in [0.1, 0.15) is 24.0 Å². The van der Waals surface area contributed by atoms with E-state index in [0.717, 1.165) is 73.0 Å². The minimum atomic E-state index is -0.446. The highest BCUT2D eigenvalue weighted by Crippen LogP contribution is 2.33. The molecule has 9 heteroatoms. The number of unbranched alkanes of at least 4 members (excludes halogenated alkanes) is 1. The van der Waals surface area contributed by atoms with Crippen LogP contribution in [-0.2, 0) is 15.9 Å². The molecule has 2 N–H and O–H groups in total. The molecule has 0 bridgehead atoms. The van der Waals surface area contributed by atoms with E-state index in [4.69, 9.17) is 20.5 Å². The number of fused-ring (bicyclic) bond motifs is 1. The molecule has 2 aliphatic rings. The third-order valence-electron chi connectivity index (χ3n) is 6.77. The monoisotopic (exact) mass is 517 g/mol. The molecule has 3 aromatic rings. The van der Waals surface area contributed by atoms with Gasteiger partial charge in [0.25, 0.3) is 0 Å². The fourth-order valence-electron chi connectivity index (χ4n) is 4.73. The number of thiophene rings is 1. The zero-order valence-electron chi connectivity index (χ0n) is 20.7. The second-order valence-corrected chi connectivity index (χ2v) is 10.4. The van der Waals surface area contributed by atoms with Gasteiger partial charge in [-0.3, -0.25) is 9.80 Å². The highest BCUT2D eigenvalue weighted by Gasteiger charge is 2.27. The maximum atomic E-state index is 12.1. The normalized spacial score (nSPS) is 17.6. The van der Waals surface area contributed by atoms with E-state index in [9.17, 15) is 4.79 Å². The standard InChI is InChI=1S/C28H31N5O3S/c29-19-22-8-9-24-23(16-22)18-26(37-24)33(28(30)34)11-5-4-10-31-12-14-32(15-13-31)25-20-35-27(36-25)17-21-6-2-1-3-7-21/h1-3,6-9,16,18,20,27H,4-5,10-15,17H2,(H2,30,34). The number of nitriles is 1. The first-order valence-electron chi connectivity index (χ1n) is 12.6. The summed E-state index contributed by atoms with van der Waals surface area (Å²) in [5.74, 6) is 0.822. The maximum absolute atomic E-state index is 12.1. The minimum absolute atomic E-state index is 0.266. The molecule has 1 unspecified atom stereocenters. The van der Waals surface area contributed by atoms with E-state index in [0.29, 0.717) is 12.1 Å². The van der Waals surface area contributed by atoms with Crippen molar-refractivity contribution in [3.63, 3.8) is 0 Å². The third kappa shape index (κ3) is 6.16. The average molecular weight is 518 g/mol. The number of ether oxygens (including phenoxy) is 2. The summed E-state index contributed by atoms with van der Waals surface area (Å²) in [5.41, 5.74) is 7.50. The second kappa shape index (κ2) is 11.5. The van der Waals surface area contributed by atoms with Crippen LogP contribution in [0.2, 0.25) is 0 Å². The number of amides is 2. The van der Waals surface area contributed by atoms with Crippen molar-refractivity contribution in [3.8, 4) is 6.07 Å². The van der Waals surface area contributed by atoms with Crippen molar-refractivity contribution < 1.29 is 14.3 Å². The van der Waals surface area contributed by atoms with Gasteiger partial charge in [-0.1, -0.05) is 30.3 Å². The summed E-state index contributed by atoms with van der Waals surface area (Å²) < 4.78 is 12.8. The summed E-state index contributed by atoms with van der Waals surface area (Å²) in [6.45, 7) is 5.27. The zero-order valence-corrected chi connectivity index (χ0v) is 21.5. The van der Waals surface area contributed by atoms with Gasteiger partial charge in [0.05, 0.1) is 11.6 Å². The Morgan fingerprint density at radius 3 is 2.68 bits per heavy atom. The van der Waals surface area contributed by atoms with Gasteiger partial charge < -0.3 is 20.1 Å². The van der Waals surface area contributed by atoms with Crippen molar-refractivity contribution in [2.24, 2.45) is 5.73 Å². The number of carbonyl (C=O) groups excluding carboxylic acids is 1. The van der Waals surface area contributed by atoms with Crippen LogP contribution in [0.25, 0.3) is 10.1 Å². The first-order chi connectivity index (χ1) is 18.1. The van der Waals surface area contributed by atoms with Crippen molar-refractivity contribution in [1.82, 2.24) is 9.80 Å². The molecular formula is C28H31N5O3S. The van der Waals surface area contributed by atoms with Crippen molar-refractivity contribution in [2.45, 2.75) is 25.6 Å². The van der Waals surface area contributed by atoms with Gasteiger partial charge >= 0.3 is 6.03 Å². The number of anilines is 1. The Hall–Kier alpha value is -3.74. The van der Waals surface area contributed by atoms with Crippen LogP contribution >= 0.6 is 11.3 Å². The Labute approximate surface area is 221 Å². The zero-order chi connectivity index (χ0) is 25.6. The number of hydrogen-bond acceptors (Lipinski definition) is 7. The van der Waals surface area contributed by atoms with Crippen LogP contribution in [0.5, 0.6) is 0 Å². The molecule has 1 aromatic heterocycles. The van der Waals surface area contributed by atoms with Crippen LogP contribution in [-0.4, -0.2) is 61.4 Å². The summed E-state index contributed by atoms with van der Waals surface area (Å²) in [7, 11) is 0. The Kier molecular flexibility index (Phi) is 7.78. The molecule has 2 aromatic carbocycles. The first-order valence-corrected chi connectivity index (χ1v) is 13.4. The lowest BCUT2D eigenvalue weighted by molar-refractivity contribution is -0.0522. The molecule has 2 amide bonds. The molecule has 0 spiro atoms. The molecular weight excluding hydrogens is 486 g/mol. The number of nitrogens with zero attached hydrogens (tertiary/aromatic N) is 4. The number of primary amides is 1. The van der Waals surface area contributed by atoms with Gasteiger partial charge in [-0.05, 0) is 54.6 Å². The van der Waals surface area contributed by atoms with Crippen LogP contribution in [0.15, 0.2) is 66.7 Å². The van der Waals surface area contributed by atoms with Crippen LogP contribution in [0.3, 0.4) is 0 Å². The maximum Gasteiger partial charge on any atom is 0.319 e. The molecule has 5 rings (SSSR count). The summed E-state index contributed by atoms with van der Waals surface area (Å²) in [4.78, 5) is 18.5. The highest BCUT2D eigenvalue weighted by molar-refractivity contribution is 7.23. The number of nitrogens with two attached hydrogens (primary N) is 1. The molecule has 2 aliphatic heterocycles. The molecule has 192 valence electrons. The molecule has 1 fully saturated rings. The van der Waals surface area contributed by atoms with Gasteiger partial charge in [-0.2, -0.15) is 5.26 Å². The Morgan fingerprint density at radius 1 is 1.11 bits per heavy atom. The van der Waals surface area contributed by atoms with E-state index >= 15 is 0 Å². The van der Waals surface area contributed by atoms with E-state index in [1.165, 1.54) is 16.9 Å². The summed E-state index contributed by atoms with van der Waals surface area (Å²) >= 11 is 1.52. The Balaban J connectivity index is 1.04. The van der Waals surface area contributed by atoms with Crippen molar-refractivity contribution in [3.05, 3.63) is 77.9 Å². The molecule has 1 saturated heterocycles. The van der Waals surface area contributed by atoms with Gasteiger partial charge in [-0.25, -0.2) is 4.79 Å². The number of rotatable bonds is 9. The summed E-state index contributed by atoms with van der Waals surface area (Å²) in [6, 6.07) is 19.4. The molecule has 1 atom stereocenters. The predicted octanol–water partition coefficient (Wildman–Crippen LogP) is 4.47. The van der Waals surface area contributed by atoms with Gasteiger partial charge in [0.1, 0.15) is 11.3 Å². The molecule has 0 radical (unpaired) electrons. The van der Waals surface area contributed by atoms with E-state index in [1.807, 2.05) is 36.4 Å². The second-order valence-electron chi connectivity index (χ2n) is 9.30. The summed E-state index contributed by atoms with van der Waals surface area (Å²) in [6.07, 6.45) is 4.05. The van der Waals surface area contributed by atoms with E-state index in [1.54, 1.807) is 17.2 Å². The number of hydrogen-bond donors (Lipinski definition) is 1. The van der Waals surface area contributed by atoms with Gasteiger partial charge in [0.15, 0.2) is 0 Å². The average Bonchev–Trinajstić information content (AvgIpc) is 3.56. The SMILES string of the molecule is N#Cc1ccc2sc(N(CCCCN3CCN(C4=COC(Cc5ccccc5)O4)CC3)C(N)=O)cc2c1. The Bertz CT molecular complexity index is 1290. The van der Waals surface area contributed by atoms with Crippen molar-refractivity contribution in [1.29, 1.82) is 5.26 Å². The van der Waals surface area contributed by atoms with E-state index < -0.39 is 6.03 Å². The van der Waals surface area contributed by atoms with E-state index in [-0.39, 0.29) is 6.29 Å². The number of carbonyl (C=O) groups is 1. The molecule has 8 nitrogen and oxygen atoms in total. The lowest BCUT2D eigenvalue weighted by Gasteiger charge is -2.35. The summed E-state index contributed by atoms with van der Waals surface area (Å²) in [5, 5.41) is 10.9. The van der Waals surface area contributed by atoms with Gasteiger partial charge in [0, 0.05) is 43.8 Å². The lowest BCUT2D eigenvalue weighted by atomic mass is 10.1. The quantitative estimate of drug-likeness (QED) is 0.421. The van der Waals surface area contributed by atoms with Gasteiger partial charge in [-0.15, -0.1) is 11.3 Å². The van der Waals surface area contributed by atoms with Gasteiger partial charge in [0.2, 0.25) is 12.2 Å². The molecule has 3 heterocycles. The topological polar surface area (TPSA) is 95.1 Å². The fraction of sp³-hybridized carbons (Fsp3) is 0.357. The molecule has 0 saturated carbocycles. The minimum Gasteiger partial charge on any atom is -0.457 e. The highest BCUT2D eigenvalue weighted by atomic mass is 32.1. The smallest absolute Gasteiger partial charge is 0.319 e. The van der Waals surface area contributed by atoms with Crippen molar-refractivity contribution >= 4 is 32.5 Å². The predicted molar refractivity (Wildman–Crippen MR) is 145 cm³/mol. The Morgan fingerprint density at radius 2 is 1.92 bits per heavy atom. The third-order valence-corrected chi connectivity index (χ3v) is 7.91. The number of piperazine rings is 1. The lowest BCUT2D eigenvalue weighted by Crippen LogP contribution is -2.46. The first kappa shape index (κ1) is 24.9. The van der Waals surface area contributed by atoms with Crippen LogP contribution in [0, 0.1) is 11.3 Å². The van der Waals surface area contributed by atoms with Crippen LogP contribution in [0.4, 0.5) is 9.80 Å². The molecule has 0 aliphatic carbocycles. The largest absolute Gasteiger partial charge is 0.457 e. The number of urea groups is 1. The molecule has 37 heavy (non-hydrogen) atoms. The van der Waals surface area contributed by atoms with E-state index in [2.05, 4.69) is 28.0 Å². The van der Waals surface area contributed by atoms with Crippen molar-refractivity contribution in [2.75, 3.05) is 44.2 Å².